The Bertz CT molecular complexity index is 1020. The van der Waals surface area contributed by atoms with E-state index in [-0.39, 0.29) is 0 Å². The average molecular weight is 388 g/mol. The van der Waals surface area contributed by atoms with E-state index >= 15 is 0 Å². The van der Waals surface area contributed by atoms with Crippen LogP contribution in [0.3, 0.4) is 0 Å². The average Bonchev–Trinajstić information content (AvgIpc) is 2.65. The van der Waals surface area contributed by atoms with E-state index in [1.165, 1.54) is 27.7 Å². The minimum absolute atomic E-state index is 1.08. The molecular formula is C23H18BrN. The molecule has 0 amide bonds. The third kappa shape index (κ3) is 3.06. The van der Waals surface area contributed by atoms with Gasteiger partial charge in [0.25, 0.3) is 0 Å². The van der Waals surface area contributed by atoms with E-state index in [1.807, 2.05) is 0 Å². The largest absolute Gasteiger partial charge is 0.310 e. The van der Waals surface area contributed by atoms with E-state index in [2.05, 4.69) is 119 Å². The number of rotatable bonds is 3. The lowest BCUT2D eigenvalue weighted by Gasteiger charge is -2.28. The zero-order valence-electron chi connectivity index (χ0n) is 14.0. The van der Waals surface area contributed by atoms with Gasteiger partial charge in [0.15, 0.2) is 0 Å². The van der Waals surface area contributed by atoms with E-state index in [1.54, 1.807) is 0 Å². The van der Waals surface area contributed by atoms with Gasteiger partial charge in [0.1, 0.15) is 0 Å². The van der Waals surface area contributed by atoms with E-state index in [9.17, 15) is 0 Å². The Hall–Kier alpha value is -2.58. The van der Waals surface area contributed by atoms with Crippen molar-refractivity contribution in [2.24, 2.45) is 0 Å². The molecule has 0 bridgehead atoms. The second kappa shape index (κ2) is 6.73. The number of para-hydroxylation sites is 1. The molecular weight excluding hydrogens is 370 g/mol. The summed E-state index contributed by atoms with van der Waals surface area (Å²) in [6, 6.07) is 32.0. The molecule has 4 aromatic rings. The lowest BCUT2D eigenvalue weighted by molar-refractivity contribution is 1.26. The van der Waals surface area contributed by atoms with Crippen LogP contribution in [-0.2, 0) is 0 Å². The Kier molecular flexibility index (Phi) is 4.29. The highest BCUT2D eigenvalue weighted by atomic mass is 79.9. The van der Waals surface area contributed by atoms with Crippen molar-refractivity contribution in [3.63, 3.8) is 0 Å². The number of hydrogen-bond acceptors (Lipinski definition) is 1. The molecule has 0 spiro atoms. The van der Waals surface area contributed by atoms with Gasteiger partial charge in [0.05, 0.1) is 5.69 Å². The second-order valence-electron chi connectivity index (χ2n) is 6.10. The number of hydrogen-bond donors (Lipinski definition) is 0. The van der Waals surface area contributed by atoms with Crippen molar-refractivity contribution in [2.75, 3.05) is 4.90 Å². The van der Waals surface area contributed by atoms with Gasteiger partial charge in [-0.05, 0) is 54.3 Å². The van der Waals surface area contributed by atoms with Crippen molar-refractivity contribution in [1.29, 1.82) is 0 Å². The summed E-state index contributed by atoms with van der Waals surface area (Å²) in [6.07, 6.45) is 0. The van der Waals surface area contributed by atoms with Gasteiger partial charge < -0.3 is 4.90 Å². The summed E-state index contributed by atoms with van der Waals surface area (Å²) in [6.45, 7) is 2.16. The van der Waals surface area contributed by atoms with E-state index in [0.717, 1.165) is 10.2 Å². The van der Waals surface area contributed by atoms with Crippen LogP contribution in [-0.4, -0.2) is 0 Å². The van der Waals surface area contributed by atoms with Crippen LogP contribution in [0.5, 0.6) is 0 Å². The zero-order valence-corrected chi connectivity index (χ0v) is 15.6. The summed E-state index contributed by atoms with van der Waals surface area (Å²) in [5.41, 5.74) is 4.78. The molecule has 0 aromatic heterocycles. The van der Waals surface area contributed by atoms with Crippen molar-refractivity contribution >= 4 is 43.8 Å². The number of anilines is 3. The van der Waals surface area contributed by atoms with Crippen molar-refractivity contribution in [2.45, 2.75) is 6.92 Å². The molecule has 0 aliphatic carbocycles. The molecule has 25 heavy (non-hydrogen) atoms. The Morgan fingerprint density at radius 3 is 2.08 bits per heavy atom. The molecule has 0 radical (unpaired) electrons. The maximum atomic E-state index is 3.54. The topological polar surface area (TPSA) is 3.24 Å². The Balaban J connectivity index is 2.00. The highest BCUT2D eigenvalue weighted by molar-refractivity contribution is 9.10. The number of nitrogens with zero attached hydrogens (tertiary/aromatic N) is 1. The van der Waals surface area contributed by atoms with Gasteiger partial charge >= 0.3 is 0 Å². The van der Waals surface area contributed by atoms with Crippen LogP contribution >= 0.6 is 15.9 Å². The molecule has 1 nitrogen and oxygen atoms in total. The lowest BCUT2D eigenvalue weighted by Crippen LogP contribution is -2.11. The fourth-order valence-electron chi connectivity index (χ4n) is 3.22. The summed E-state index contributed by atoms with van der Waals surface area (Å²) < 4.78 is 1.08. The molecule has 122 valence electrons. The Morgan fingerprint density at radius 2 is 1.28 bits per heavy atom. The molecule has 0 saturated carbocycles. The summed E-state index contributed by atoms with van der Waals surface area (Å²) in [7, 11) is 0. The first-order valence-electron chi connectivity index (χ1n) is 8.33. The molecule has 0 unspecified atom stereocenters. The third-order valence-electron chi connectivity index (χ3n) is 4.45. The maximum Gasteiger partial charge on any atom is 0.0540 e. The number of fused-ring (bicyclic) bond motifs is 1. The normalized spacial score (nSPS) is 10.8. The quantitative estimate of drug-likeness (QED) is 0.354. The fraction of sp³-hybridized carbons (Fsp3) is 0.0435. The van der Waals surface area contributed by atoms with Crippen LogP contribution in [0.15, 0.2) is 95.5 Å². The van der Waals surface area contributed by atoms with E-state index < -0.39 is 0 Å². The van der Waals surface area contributed by atoms with Gasteiger partial charge in [-0.3, -0.25) is 0 Å². The minimum atomic E-state index is 1.08. The minimum Gasteiger partial charge on any atom is -0.310 e. The molecule has 0 aliphatic rings. The molecule has 0 heterocycles. The third-order valence-corrected chi connectivity index (χ3v) is 4.98. The van der Waals surface area contributed by atoms with Crippen molar-refractivity contribution in [3.8, 4) is 0 Å². The predicted molar refractivity (Wildman–Crippen MR) is 111 cm³/mol. The summed E-state index contributed by atoms with van der Waals surface area (Å²) in [5, 5.41) is 2.49. The molecule has 4 aromatic carbocycles. The van der Waals surface area contributed by atoms with Crippen molar-refractivity contribution in [3.05, 3.63) is 101 Å². The SMILES string of the molecule is Cc1ccccc1N(c1ccc(Br)cc1)c1cccc2ccccc12. The maximum absolute atomic E-state index is 3.54. The molecule has 0 fully saturated rings. The van der Waals surface area contributed by atoms with Crippen LogP contribution in [0.4, 0.5) is 17.1 Å². The summed E-state index contributed by atoms with van der Waals surface area (Å²) >= 11 is 3.54. The van der Waals surface area contributed by atoms with Gasteiger partial charge in [0.2, 0.25) is 0 Å². The fourth-order valence-corrected chi connectivity index (χ4v) is 3.48. The van der Waals surface area contributed by atoms with Gasteiger partial charge in [0, 0.05) is 21.2 Å². The Labute approximate surface area is 156 Å². The summed E-state index contributed by atoms with van der Waals surface area (Å²) in [5.74, 6) is 0. The van der Waals surface area contributed by atoms with Gasteiger partial charge in [-0.15, -0.1) is 0 Å². The van der Waals surface area contributed by atoms with Crippen molar-refractivity contribution < 1.29 is 0 Å². The first-order valence-corrected chi connectivity index (χ1v) is 9.12. The number of halogens is 1. The monoisotopic (exact) mass is 387 g/mol. The summed E-state index contributed by atoms with van der Waals surface area (Å²) in [4.78, 5) is 2.34. The van der Waals surface area contributed by atoms with Crippen LogP contribution in [0, 0.1) is 6.92 Å². The van der Waals surface area contributed by atoms with Crippen LogP contribution < -0.4 is 4.90 Å². The molecule has 0 atom stereocenters. The highest BCUT2D eigenvalue weighted by Gasteiger charge is 2.16. The van der Waals surface area contributed by atoms with Gasteiger partial charge in [-0.1, -0.05) is 70.5 Å². The Morgan fingerprint density at radius 1 is 0.640 bits per heavy atom. The predicted octanol–water partition coefficient (Wildman–Crippen LogP) is 7.38. The van der Waals surface area contributed by atoms with Gasteiger partial charge in [-0.2, -0.15) is 0 Å². The van der Waals surface area contributed by atoms with E-state index in [0.29, 0.717) is 0 Å². The van der Waals surface area contributed by atoms with Crippen LogP contribution in [0.25, 0.3) is 10.8 Å². The number of aryl methyl sites for hydroxylation is 1. The van der Waals surface area contributed by atoms with Crippen molar-refractivity contribution in [1.82, 2.24) is 0 Å². The smallest absolute Gasteiger partial charge is 0.0540 e. The molecule has 0 aliphatic heterocycles. The first-order chi connectivity index (χ1) is 12.2. The standard InChI is InChI=1S/C23H18BrN/c1-17-7-2-5-11-22(17)25(20-15-13-19(24)14-16-20)23-12-6-9-18-8-3-4-10-21(18)23/h2-16H,1H3. The van der Waals surface area contributed by atoms with E-state index in [4.69, 9.17) is 0 Å². The second-order valence-corrected chi connectivity index (χ2v) is 7.01. The molecule has 0 N–H and O–H groups in total. The van der Waals surface area contributed by atoms with Crippen LogP contribution in [0.1, 0.15) is 5.56 Å². The molecule has 2 heteroatoms. The lowest BCUT2D eigenvalue weighted by atomic mass is 10.1. The van der Waals surface area contributed by atoms with Crippen LogP contribution in [0.2, 0.25) is 0 Å². The molecule has 0 saturated heterocycles. The first kappa shape index (κ1) is 15.9. The molecule has 4 rings (SSSR count). The zero-order chi connectivity index (χ0) is 17.2. The van der Waals surface area contributed by atoms with Gasteiger partial charge in [-0.25, -0.2) is 0 Å². The number of benzene rings is 4. The highest BCUT2D eigenvalue weighted by Crippen LogP contribution is 2.40.